The first-order valence-electron chi connectivity index (χ1n) is 9.82. The molecule has 0 saturated carbocycles. The molecule has 4 aromatic rings. The normalized spacial score (nSPS) is 10.4. The van der Waals surface area contributed by atoms with E-state index in [0.29, 0.717) is 22.9 Å². The highest BCUT2D eigenvalue weighted by atomic mass is 16.5. The molecule has 0 aliphatic heterocycles. The number of hydrogen-bond donors (Lipinski definition) is 2. The Morgan fingerprint density at radius 3 is 2.35 bits per heavy atom. The summed E-state index contributed by atoms with van der Waals surface area (Å²) in [5.74, 6) is 0.925. The fraction of sp³-hybridized carbons (Fsp3) is 0.0800. The molecule has 2 N–H and O–H groups in total. The van der Waals surface area contributed by atoms with E-state index in [0.717, 1.165) is 16.8 Å². The molecule has 0 unspecified atom stereocenters. The molecule has 0 saturated heterocycles. The maximum Gasteiger partial charge on any atom is 0.255 e. The van der Waals surface area contributed by atoms with Crippen molar-refractivity contribution in [3.05, 3.63) is 96.3 Å². The lowest BCUT2D eigenvalue weighted by molar-refractivity contribution is 0.102. The van der Waals surface area contributed by atoms with Gasteiger partial charge in [-0.1, -0.05) is 42.0 Å². The standard InChI is InChI=1S/C25H22N4O2/c1-17-6-3-7-18(12-17)20-15-26-25(27-16-20)29-21-9-4-8-19(13-21)24(30)28-22-10-5-11-23(14-22)31-2/h3-16H,1-2H3,(H,28,30)(H,26,27,29). The number of carbonyl (C=O) groups excluding carboxylic acids is 1. The van der Waals surface area contributed by atoms with Crippen molar-refractivity contribution < 1.29 is 9.53 Å². The molecule has 3 aromatic carbocycles. The summed E-state index contributed by atoms with van der Waals surface area (Å²) in [7, 11) is 1.59. The molecule has 0 radical (unpaired) electrons. The van der Waals surface area contributed by atoms with Crippen molar-refractivity contribution in [1.29, 1.82) is 0 Å². The molecule has 1 heterocycles. The molecule has 0 aliphatic carbocycles. The molecule has 4 rings (SSSR count). The minimum atomic E-state index is -0.215. The second-order valence-electron chi connectivity index (χ2n) is 7.06. The zero-order chi connectivity index (χ0) is 21.6. The van der Waals surface area contributed by atoms with E-state index in [2.05, 4.69) is 39.7 Å². The van der Waals surface area contributed by atoms with Crippen LogP contribution in [-0.2, 0) is 0 Å². The Bertz CT molecular complexity index is 1210. The quantitative estimate of drug-likeness (QED) is 0.442. The van der Waals surface area contributed by atoms with E-state index in [4.69, 9.17) is 4.74 Å². The summed E-state index contributed by atoms with van der Waals surface area (Å²) in [6, 6.07) is 22.6. The van der Waals surface area contributed by atoms with Crippen LogP contribution < -0.4 is 15.4 Å². The van der Waals surface area contributed by atoms with Gasteiger partial charge in [0.05, 0.1) is 7.11 Å². The largest absolute Gasteiger partial charge is 0.497 e. The molecule has 154 valence electrons. The van der Waals surface area contributed by atoms with E-state index in [1.165, 1.54) is 5.56 Å². The summed E-state index contributed by atoms with van der Waals surface area (Å²) in [4.78, 5) is 21.4. The van der Waals surface area contributed by atoms with Crippen molar-refractivity contribution in [3.63, 3.8) is 0 Å². The summed E-state index contributed by atoms with van der Waals surface area (Å²) in [5.41, 5.74) is 5.11. The highest BCUT2D eigenvalue weighted by molar-refractivity contribution is 6.04. The van der Waals surface area contributed by atoms with Crippen molar-refractivity contribution in [2.45, 2.75) is 6.92 Å². The van der Waals surface area contributed by atoms with Crippen LogP contribution >= 0.6 is 0 Å². The summed E-state index contributed by atoms with van der Waals surface area (Å²) < 4.78 is 5.19. The summed E-state index contributed by atoms with van der Waals surface area (Å²) in [6.07, 6.45) is 3.56. The third-order valence-corrected chi connectivity index (χ3v) is 4.71. The number of methoxy groups -OCH3 is 1. The van der Waals surface area contributed by atoms with Crippen LogP contribution in [0.2, 0.25) is 0 Å². The number of aryl methyl sites for hydroxylation is 1. The summed E-state index contributed by atoms with van der Waals surface area (Å²) in [5, 5.41) is 6.03. The SMILES string of the molecule is COc1cccc(NC(=O)c2cccc(Nc3ncc(-c4cccc(C)c4)cn3)c2)c1. The molecular formula is C25H22N4O2. The number of nitrogens with one attached hydrogen (secondary N) is 2. The molecule has 0 aliphatic rings. The Morgan fingerprint density at radius 2 is 1.58 bits per heavy atom. The number of ether oxygens (including phenoxy) is 1. The molecule has 1 amide bonds. The number of rotatable bonds is 6. The maximum absolute atomic E-state index is 12.6. The van der Waals surface area contributed by atoms with Crippen LogP contribution in [-0.4, -0.2) is 23.0 Å². The van der Waals surface area contributed by atoms with Crippen molar-refractivity contribution in [2.24, 2.45) is 0 Å². The van der Waals surface area contributed by atoms with Gasteiger partial charge in [0.15, 0.2) is 0 Å². The highest BCUT2D eigenvalue weighted by Gasteiger charge is 2.08. The Morgan fingerprint density at radius 1 is 0.839 bits per heavy atom. The van der Waals surface area contributed by atoms with Crippen LogP contribution in [0.4, 0.5) is 17.3 Å². The van der Waals surface area contributed by atoms with E-state index in [9.17, 15) is 4.79 Å². The molecule has 0 spiro atoms. The number of carbonyl (C=O) groups is 1. The predicted octanol–water partition coefficient (Wildman–Crippen LogP) is 5.46. The smallest absolute Gasteiger partial charge is 0.255 e. The topological polar surface area (TPSA) is 76.1 Å². The lowest BCUT2D eigenvalue weighted by atomic mass is 10.1. The first-order valence-corrected chi connectivity index (χ1v) is 9.82. The average molecular weight is 410 g/mol. The third kappa shape index (κ3) is 5.05. The van der Waals surface area contributed by atoms with Gasteiger partial charge in [-0.3, -0.25) is 4.79 Å². The zero-order valence-electron chi connectivity index (χ0n) is 17.3. The van der Waals surface area contributed by atoms with E-state index in [1.807, 2.05) is 42.5 Å². The van der Waals surface area contributed by atoms with E-state index in [-0.39, 0.29) is 5.91 Å². The molecule has 0 atom stereocenters. The second kappa shape index (κ2) is 9.09. The minimum absolute atomic E-state index is 0.215. The molecule has 31 heavy (non-hydrogen) atoms. The fourth-order valence-corrected chi connectivity index (χ4v) is 3.14. The van der Waals surface area contributed by atoms with Gasteiger partial charge >= 0.3 is 0 Å². The maximum atomic E-state index is 12.6. The lowest BCUT2D eigenvalue weighted by Crippen LogP contribution is -2.12. The van der Waals surface area contributed by atoms with Gasteiger partial charge in [-0.15, -0.1) is 0 Å². The van der Waals surface area contributed by atoms with Crippen LogP contribution in [0.1, 0.15) is 15.9 Å². The lowest BCUT2D eigenvalue weighted by Gasteiger charge is -2.09. The molecule has 1 aromatic heterocycles. The van der Waals surface area contributed by atoms with Gasteiger partial charge in [0, 0.05) is 41.0 Å². The van der Waals surface area contributed by atoms with Crippen molar-refractivity contribution in [2.75, 3.05) is 17.7 Å². The van der Waals surface area contributed by atoms with Crippen molar-refractivity contribution in [1.82, 2.24) is 9.97 Å². The van der Waals surface area contributed by atoms with Gasteiger partial charge < -0.3 is 15.4 Å². The van der Waals surface area contributed by atoms with Crippen molar-refractivity contribution >= 4 is 23.2 Å². The van der Waals surface area contributed by atoms with E-state index >= 15 is 0 Å². The van der Waals surface area contributed by atoms with Gasteiger partial charge in [-0.05, 0) is 42.8 Å². The van der Waals surface area contributed by atoms with Crippen molar-refractivity contribution in [3.8, 4) is 16.9 Å². The Labute approximate surface area is 181 Å². The first kappa shape index (κ1) is 20.1. The van der Waals surface area contributed by atoms with Crippen LogP contribution in [0.5, 0.6) is 5.75 Å². The number of anilines is 3. The van der Waals surface area contributed by atoms with Crippen LogP contribution in [0.25, 0.3) is 11.1 Å². The minimum Gasteiger partial charge on any atom is -0.497 e. The monoisotopic (exact) mass is 410 g/mol. The molecule has 6 nitrogen and oxygen atoms in total. The highest BCUT2D eigenvalue weighted by Crippen LogP contribution is 2.22. The van der Waals surface area contributed by atoms with E-state index < -0.39 is 0 Å². The third-order valence-electron chi connectivity index (χ3n) is 4.71. The summed E-state index contributed by atoms with van der Waals surface area (Å²) >= 11 is 0. The molecule has 6 heteroatoms. The molecule has 0 bridgehead atoms. The van der Waals surface area contributed by atoms with Gasteiger partial charge in [0.25, 0.3) is 5.91 Å². The van der Waals surface area contributed by atoms with Gasteiger partial charge in [0.2, 0.25) is 5.95 Å². The average Bonchev–Trinajstić information content (AvgIpc) is 2.80. The van der Waals surface area contributed by atoms with Crippen LogP contribution in [0.15, 0.2) is 85.2 Å². The van der Waals surface area contributed by atoms with E-state index in [1.54, 1.807) is 37.7 Å². The number of benzene rings is 3. The summed E-state index contributed by atoms with van der Waals surface area (Å²) in [6.45, 7) is 2.05. The number of aromatic nitrogens is 2. The fourth-order valence-electron chi connectivity index (χ4n) is 3.14. The van der Waals surface area contributed by atoms with Crippen LogP contribution in [0, 0.1) is 6.92 Å². The first-order chi connectivity index (χ1) is 15.1. The molecule has 0 fully saturated rings. The predicted molar refractivity (Wildman–Crippen MR) is 123 cm³/mol. The van der Waals surface area contributed by atoms with Crippen LogP contribution in [0.3, 0.4) is 0 Å². The zero-order valence-corrected chi connectivity index (χ0v) is 17.3. The van der Waals surface area contributed by atoms with Gasteiger partial charge in [-0.25, -0.2) is 9.97 Å². The Hall–Kier alpha value is -4.19. The second-order valence-corrected chi connectivity index (χ2v) is 7.06. The van der Waals surface area contributed by atoms with Gasteiger partial charge in [0.1, 0.15) is 5.75 Å². The van der Waals surface area contributed by atoms with Gasteiger partial charge in [-0.2, -0.15) is 0 Å². The number of amides is 1. The number of hydrogen-bond acceptors (Lipinski definition) is 5. The Kier molecular flexibility index (Phi) is 5.89. The Balaban J connectivity index is 1.46. The molecular weight excluding hydrogens is 388 g/mol. The number of nitrogens with zero attached hydrogens (tertiary/aromatic N) is 2.